The molecule has 0 aromatic heterocycles. The monoisotopic (exact) mass is 269 g/mol. The Morgan fingerprint density at radius 2 is 2.21 bits per heavy atom. The maximum atomic E-state index is 11.9. The highest BCUT2D eigenvalue weighted by molar-refractivity contribution is 5.78. The molecule has 0 aromatic rings. The van der Waals surface area contributed by atoms with Gasteiger partial charge in [0.15, 0.2) is 0 Å². The van der Waals surface area contributed by atoms with Crippen molar-refractivity contribution in [2.75, 3.05) is 13.1 Å². The fourth-order valence-corrected chi connectivity index (χ4v) is 2.50. The first-order valence-corrected chi connectivity index (χ1v) is 7.29. The molecule has 5 heteroatoms. The van der Waals surface area contributed by atoms with Crippen LogP contribution in [0.25, 0.3) is 0 Å². The summed E-state index contributed by atoms with van der Waals surface area (Å²) in [7, 11) is 0. The third kappa shape index (κ3) is 6.05. The van der Waals surface area contributed by atoms with Gasteiger partial charge in [-0.05, 0) is 37.6 Å². The summed E-state index contributed by atoms with van der Waals surface area (Å²) in [6.07, 6.45) is 3.66. The van der Waals surface area contributed by atoms with Gasteiger partial charge in [0, 0.05) is 25.4 Å². The Kier molecular flexibility index (Phi) is 6.84. The fourth-order valence-electron chi connectivity index (χ4n) is 2.50. The lowest BCUT2D eigenvalue weighted by molar-refractivity contribution is -0.125. The van der Waals surface area contributed by atoms with Gasteiger partial charge in [-0.2, -0.15) is 0 Å². The Labute approximate surface area is 115 Å². The highest BCUT2D eigenvalue weighted by Gasteiger charge is 2.20. The molecule has 0 bridgehead atoms. The van der Waals surface area contributed by atoms with Crippen molar-refractivity contribution in [3.8, 4) is 0 Å². The van der Waals surface area contributed by atoms with Crippen LogP contribution in [0.1, 0.15) is 46.0 Å². The summed E-state index contributed by atoms with van der Waals surface area (Å²) in [5.74, 6) is 1.24. The Hall–Kier alpha value is -1.10. The molecule has 0 aromatic carbocycles. The van der Waals surface area contributed by atoms with Gasteiger partial charge in [-0.1, -0.05) is 13.8 Å². The molecule has 2 amide bonds. The Morgan fingerprint density at radius 1 is 1.47 bits per heavy atom. The van der Waals surface area contributed by atoms with Crippen molar-refractivity contribution in [1.82, 2.24) is 10.6 Å². The second kappa shape index (κ2) is 8.15. The largest absolute Gasteiger partial charge is 0.354 e. The number of nitrogens with two attached hydrogens (primary N) is 1. The lowest BCUT2D eigenvalue weighted by Crippen LogP contribution is -2.47. The van der Waals surface area contributed by atoms with E-state index in [0.717, 1.165) is 19.3 Å². The first-order chi connectivity index (χ1) is 9.02. The highest BCUT2D eigenvalue weighted by atomic mass is 16.2. The molecule has 1 fully saturated rings. The second-order valence-electron chi connectivity index (χ2n) is 5.73. The fraction of sp³-hybridized carbons (Fsp3) is 0.857. The number of carbonyl (C=O) groups is 2. The first kappa shape index (κ1) is 16.0. The van der Waals surface area contributed by atoms with Gasteiger partial charge in [-0.3, -0.25) is 9.59 Å². The Morgan fingerprint density at radius 3 is 2.74 bits per heavy atom. The van der Waals surface area contributed by atoms with Gasteiger partial charge < -0.3 is 16.4 Å². The molecular weight excluding hydrogens is 242 g/mol. The van der Waals surface area contributed by atoms with Gasteiger partial charge in [0.2, 0.25) is 11.8 Å². The number of amides is 2. The van der Waals surface area contributed by atoms with Crippen molar-refractivity contribution in [2.45, 2.75) is 52.0 Å². The van der Waals surface area contributed by atoms with Gasteiger partial charge in [0.25, 0.3) is 0 Å². The SMILES string of the molecule is CC(C)C(CCN)CCC(=O)NC1CCC(=O)NC1. The van der Waals surface area contributed by atoms with Crippen molar-refractivity contribution < 1.29 is 9.59 Å². The molecule has 1 aliphatic heterocycles. The molecule has 2 atom stereocenters. The van der Waals surface area contributed by atoms with E-state index < -0.39 is 0 Å². The minimum absolute atomic E-state index is 0.0771. The lowest BCUT2D eigenvalue weighted by atomic mass is 9.88. The summed E-state index contributed by atoms with van der Waals surface area (Å²) in [5.41, 5.74) is 5.60. The predicted octanol–water partition coefficient (Wildman–Crippen LogP) is 0.782. The third-order valence-corrected chi connectivity index (χ3v) is 3.85. The highest BCUT2D eigenvalue weighted by Crippen LogP contribution is 2.20. The van der Waals surface area contributed by atoms with Crippen LogP contribution in [0.4, 0.5) is 0 Å². The van der Waals surface area contributed by atoms with Crippen molar-refractivity contribution in [3.05, 3.63) is 0 Å². The van der Waals surface area contributed by atoms with E-state index in [4.69, 9.17) is 5.73 Å². The maximum Gasteiger partial charge on any atom is 0.220 e. The number of nitrogens with one attached hydrogen (secondary N) is 2. The summed E-state index contributed by atoms with van der Waals surface area (Å²) >= 11 is 0. The predicted molar refractivity (Wildman–Crippen MR) is 75.4 cm³/mol. The van der Waals surface area contributed by atoms with E-state index in [1.54, 1.807) is 0 Å². The summed E-state index contributed by atoms with van der Waals surface area (Å²) in [6, 6.07) is 0.0946. The van der Waals surface area contributed by atoms with Crippen LogP contribution < -0.4 is 16.4 Å². The van der Waals surface area contributed by atoms with E-state index in [0.29, 0.717) is 37.8 Å². The molecule has 2 unspecified atom stereocenters. The summed E-state index contributed by atoms with van der Waals surface area (Å²) in [4.78, 5) is 22.9. The van der Waals surface area contributed by atoms with Crippen LogP contribution >= 0.6 is 0 Å². The minimum atomic E-state index is 0.0771. The molecule has 110 valence electrons. The molecule has 1 rings (SSSR count). The van der Waals surface area contributed by atoms with Crippen molar-refractivity contribution in [1.29, 1.82) is 0 Å². The molecule has 19 heavy (non-hydrogen) atoms. The van der Waals surface area contributed by atoms with E-state index in [-0.39, 0.29) is 17.9 Å². The van der Waals surface area contributed by atoms with Crippen LogP contribution in [-0.4, -0.2) is 30.9 Å². The van der Waals surface area contributed by atoms with Crippen LogP contribution in [0.5, 0.6) is 0 Å². The average molecular weight is 269 g/mol. The number of carbonyl (C=O) groups excluding carboxylic acids is 2. The van der Waals surface area contributed by atoms with Gasteiger partial charge in [-0.25, -0.2) is 0 Å². The second-order valence-corrected chi connectivity index (χ2v) is 5.73. The number of hydrogen-bond donors (Lipinski definition) is 3. The molecule has 0 spiro atoms. The Balaban J connectivity index is 2.24. The molecule has 0 aliphatic carbocycles. The standard InChI is InChI=1S/C14H27N3O2/c1-10(2)11(7-8-15)3-5-14(19)17-12-4-6-13(18)16-9-12/h10-12H,3-9,15H2,1-2H3,(H,16,18)(H,17,19). The van der Waals surface area contributed by atoms with E-state index in [1.165, 1.54) is 0 Å². The summed E-state index contributed by atoms with van der Waals surface area (Å²) in [6.45, 7) is 5.59. The van der Waals surface area contributed by atoms with Crippen LogP contribution in [0.3, 0.4) is 0 Å². The van der Waals surface area contributed by atoms with Gasteiger partial charge >= 0.3 is 0 Å². The molecular formula is C14H27N3O2. The van der Waals surface area contributed by atoms with Gasteiger partial charge in [0.1, 0.15) is 0 Å². The van der Waals surface area contributed by atoms with E-state index in [1.807, 2.05) is 0 Å². The molecule has 0 radical (unpaired) electrons. The van der Waals surface area contributed by atoms with E-state index >= 15 is 0 Å². The van der Waals surface area contributed by atoms with Crippen molar-refractivity contribution in [2.24, 2.45) is 17.6 Å². The minimum Gasteiger partial charge on any atom is -0.354 e. The molecule has 4 N–H and O–H groups in total. The average Bonchev–Trinajstić information content (AvgIpc) is 2.37. The van der Waals surface area contributed by atoms with Gasteiger partial charge in [0.05, 0.1) is 0 Å². The molecule has 5 nitrogen and oxygen atoms in total. The third-order valence-electron chi connectivity index (χ3n) is 3.85. The van der Waals surface area contributed by atoms with Crippen LogP contribution in [-0.2, 0) is 9.59 Å². The number of piperidine rings is 1. The lowest BCUT2D eigenvalue weighted by Gasteiger charge is -2.24. The van der Waals surface area contributed by atoms with Crippen molar-refractivity contribution in [3.63, 3.8) is 0 Å². The van der Waals surface area contributed by atoms with E-state index in [9.17, 15) is 9.59 Å². The summed E-state index contributed by atoms with van der Waals surface area (Å²) in [5, 5.41) is 5.76. The van der Waals surface area contributed by atoms with Gasteiger partial charge in [-0.15, -0.1) is 0 Å². The quantitative estimate of drug-likeness (QED) is 0.638. The van der Waals surface area contributed by atoms with Crippen LogP contribution in [0.15, 0.2) is 0 Å². The van der Waals surface area contributed by atoms with Crippen molar-refractivity contribution >= 4 is 11.8 Å². The zero-order valence-corrected chi connectivity index (χ0v) is 12.1. The number of rotatable bonds is 7. The van der Waals surface area contributed by atoms with E-state index in [2.05, 4.69) is 24.5 Å². The summed E-state index contributed by atoms with van der Waals surface area (Å²) < 4.78 is 0. The normalized spacial score (nSPS) is 21.1. The smallest absolute Gasteiger partial charge is 0.220 e. The molecule has 0 saturated carbocycles. The topological polar surface area (TPSA) is 84.2 Å². The zero-order chi connectivity index (χ0) is 14.3. The molecule has 1 heterocycles. The maximum absolute atomic E-state index is 11.9. The Bertz CT molecular complexity index is 295. The molecule has 1 saturated heterocycles. The van der Waals surface area contributed by atoms with Crippen LogP contribution in [0, 0.1) is 11.8 Å². The van der Waals surface area contributed by atoms with Crippen LogP contribution in [0.2, 0.25) is 0 Å². The first-order valence-electron chi connectivity index (χ1n) is 7.29. The number of hydrogen-bond acceptors (Lipinski definition) is 3. The zero-order valence-electron chi connectivity index (χ0n) is 12.1. The molecule has 1 aliphatic rings.